The molecule has 2 aromatic rings. The SMILES string of the molecule is COc1ccc(C(=O)COC(=O)COc2ccc(C)c(C)c2)c(OC)c1. The number of aryl methyl sites for hydroxylation is 2. The van der Waals surface area contributed by atoms with Gasteiger partial charge in [-0.1, -0.05) is 6.07 Å². The summed E-state index contributed by atoms with van der Waals surface area (Å²) >= 11 is 0. The van der Waals surface area contributed by atoms with Crippen molar-refractivity contribution in [3.05, 3.63) is 53.1 Å². The van der Waals surface area contributed by atoms with Crippen molar-refractivity contribution < 1.29 is 28.5 Å². The summed E-state index contributed by atoms with van der Waals surface area (Å²) in [4.78, 5) is 24.1. The highest BCUT2D eigenvalue weighted by molar-refractivity contribution is 6.00. The number of benzene rings is 2. The third-order valence-corrected chi connectivity index (χ3v) is 3.91. The van der Waals surface area contributed by atoms with E-state index in [0.29, 0.717) is 22.8 Å². The summed E-state index contributed by atoms with van der Waals surface area (Å²) in [6.45, 7) is 3.29. The Labute approximate surface area is 152 Å². The molecule has 0 aromatic heterocycles. The third kappa shape index (κ3) is 4.99. The Hall–Kier alpha value is -3.02. The molecule has 2 rings (SSSR count). The van der Waals surface area contributed by atoms with Gasteiger partial charge < -0.3 is 18.9 Å². The number of ether oxygens (including phenoxy) is 4. The van der Waals surface area contributed by atoms with E-state index in [-0.39, 0.29) is 12.4 Å². The highest BCUT2D eigenvalue weighted by Gasteiger charge is 2.16. The van der Waals surface area contributed by atoms with Crippen LogP contribution < -0.4 is 14.2 Å². The molecule has 0 bridgehead atoms. The molecule has 0 atom stereocenters. The van der Waals surface area contributed by atoms with Crippen molar-refractivity contribution in [2.75, 3.05) is 27.4 Å². The normalized spacial score (nSPS) is 10.2. The average molecular weight is 358 g/mol. The molecule has 138 valence electrons. The van der Waals surface area contributed by atoms with Gasteiger partial charge in [-0.15, -0.1) is 0 Å². The number of carbonyl (C=O) groups is 2. The average Bonchev–Trinajstić information content (AvgIpc) is 2.66. The van der Waals surface area contributed by atoms with E-state index in [1.165, 1.54) is 14.2 Å². The van der Waals surface area contributed by atoms with Crippen molar-refractivity contribution >= 4 is 11.8 Å². The predicted molar refractivity (Wildman–Crippen MR) is 96.2 cm³/mol. The van der Waals surface area contributed by atoms with Gasteiger partial charge >= 0.3 is 5.97 Å². The lowest BCUT2D eigenvalue weighted by Crippen LogP contribution is -2.20. The van der Waals surface area contributed by atoms with E-state index in [0.717, 1.165) is 11.1 Å². The molecule has 6 heteroatoms. The topological polar surface area (TPSA) is 71.1 Å². The van der Waals surface area contributed by atoms with Gasteiger partial charge in [-0.3, -0.25) is 4.79 Å². The van der Waals surface area contributed by atoms with Gasteiger partial charge in [-0.25, -0.2) is 4.79 Å². The van der Waals surface area contributed by atoms with E-state index in [2.05, 4.69) is 0 Å². The molecule has 0 radical (unpaired) electrons. The van der Waals surface area contributed by atoms with Crippen LogP contribution in [0.1, 0.15) is 21.5 Å². The molecule has 26 heavy (non-hydrogen) atoms. The number of methoxy groups -OCH3 is 2. The van der Waals surface area contributed by atoms with Gasteiger partial charge in [-0.2, -0.15) is 0 Å². The molecule has 0 heterocycles. The van der Waals surface area contributed by atoms with Crippen LogP contribution in [0.25, 0.3) is 0 Å². The van der Waals surface area contributed by atoms with Gasteiger partial charge in [0.15, 0.2) is 13.2 Å². The fraction of sp³-hybridized carbons (Fsp3) is 0.300. The Morgan fingerprint density at radius 3 is 2.23 bits per heavy atom. The number of esters is 1. The van der Waals surface area contributed by atoms with Crippen molar-refractivity contribution in [2.24, 2.45) is 0 Å². The molecule has 0 aliphatic carbocycles. The van der Waals surface area contributed by atoms with Crippen molar-refractivity contribution in [1.29, 1.82) is 0 Å². The molecule has 0 fully saturated rings. The van der Waals surface area contributed by atoms with Gasteiger partial charge in [0.1, 0.15) is 17.2 Å². The first kappa shape index (κ1) is 19.3. The number of ketones is 1. The minimum atomic E-state index is -0.621. The summed E-state index contributed by atoms with van der Waals surface area (Å²) in [6, 6.07) is 10.3. The van der Waals surface area contributed by atoms with Crippen molar-refractivity contribution in [3.8, 4) is 17.2 Å². The van der Waals surface area contributed by atoms with E-state index in [1.807, 2.05) is 26.0 Å². The molecule has 0 amide bonds. The third-order valence-electron chi connectivity index (χ3n) is 3.91. The first-order valence-corrected chi connectivity index (χ1v) is 8.05. The van der Waals surface area contributed by atoms with Crippen LogP contribution in [0.15, 0.2) is 36.4 Å². The van der Waals surface area contributed by atoms with E-state index >= 15 is 0 Å². The molecule has 0 saturated heterocycles. The molecule has 2 aromatic carbocycles. The maximum atomic E-state index is 12.2. The van der Waals surface area contributed by atoms with E-state index in [1.54, 1.807) is 24.3 Å². The molecule has 6 nitrogen and oxygen atoms in total. The molecule has 0 aliphatic heterocycles. The predicted octanol–water partition coefficient (Wildman–Crippen LogP) is 3.13. The Bertz CT molecular complexity index is 797. The summed E-state index contributed by atoms with van der Waals surface area (Å²) in [6.07, 6.45) is 0. The van der Waals surface area contributed by atoms with Gasteiger partial charge in [0.25, 0.3) is 0 Å². The second-order valence-corrected chi connectivity index (χ2v) is 5.68. The standard InChI is InChI=1S/C20H22O6/c1-13-5-6-16(9-14(13)2)25-12-20(22)26-11-18(21)17-8-7-15(23-3)10-19(17)24-4/h5-10H,11-12H2,1-4H3. The van der Waals surface area contributed by atoms with Crippen LogP contribution in [-0.2, 0) is 9.53 Å². The van der Waals surface area contributed by atoms with E-state index < -0.39 is 12.6 Å². The van der Waals surface area contributed by atoms with Crippen molar-refractivity contribution in [2.45, 2.75) is 13.8 Å². The Morgan fingerprint density at radius 2 is 1.58 bits per heavy atom. The van der Waals surface area contributed by atoms with Crippen molar-refractivity contribution in [3.63, 3.8) is 0 Å². The number of carbonyl (C=O) groups excluding carboxylic acids is 2. The summed E-state index contributed by atoms with van der Waals surface area (Å²) in [5.41, 5.74) is 2.52. The van der Waals surface area contributed by atoms with Gasteiger partial charge in [0, 0.05) is 6.07 Å². The van der Waals surface area contributed by atoms with Crippen LogP contribution >= 0.6 is 0 Å². The highest BCUT2D eigenvalue weighted by atomic mass is 16.6. The lowest BCUT2D eigenvalue weighted by molar-refractivity contribution is -0.144. The zero-order valence-electron chi connectivity index (χ0n) is 15.3. The smallest absolute Gasteiger partial charge is 0.344 e. The zero-order valence-corrected chi connectivity index (χ0v) is 15.3. The molecule has 0 spiro atoms. The minimum Gasteiger partial charge on any atom is -0.497 e. The van der Waals surface area contributed by atoms with Gasteiger partial charge in [-0.05, 0) is 49.2 Å². The number of hydrogen-bond acceptors (Lipinski definition) is 6. The Kier molecular flexibility index (Phi) is 6.60. The van der Waals surface area contributed by atoms with Crippen LogP contribution in [0.5, 0.6) is 17.2 Å². The summed E-state index contributed by atoms with van der Waals surface area (Å²) in [5.74, 6) is 0.509. The maximum Gasteiger partial charge on any atom is 0.344 e. The lowest BCUT2D eigenvalue weighted by atomic mass is 10.1. The molecule has 0 saturated carbocycles. The fourth-order valence-electron chi connectivity index (χ4n) is 2.24. The van der Waals surface area contributed by atoms with Crippen LogP contribution in [-0.4, -0.2) is 39.2 Å². The van der Waals surface area contributed by atoms with Crippen LogP contribution in [0, 0.1) is 13.8 Å². The quantitative estimate of drug-likeness (QED) is 0.533. The first-order valence-electron chi connectivity index (χ1n) is 8.05. The monoisotopic (exact) mass is 358 g/mol. The second-order valence-electron chi connectivity index (χ2n) is 5.68. The fourth-order valence-corrected chi connectivity index (χ4v) is 2.24. The number of hydrogen-bond donors (Lipinski definition) is 0. The van der Waals surface area contributed by atoms with Crippen molar-refractivity contribution in [1.82, 2.24) is 0 Å². The van der Waals surface area contributed by atoms with Crippen LogP contribution in [0.2, 0.25) is 0 Å². The highest BCUT2D eigenvalue weighted by Crippen LogP contribution is 2.25. The first-order chi connectivity index (χ1) is 12.4. The summed E-state index contributed by atoms with van der Waals surface area (Å²) < 4.78 is 20.6. The van der Waals surface area contributed by atoms with E-state index in [9.17, 15) is 9.59 Å². The molecular weight excluding hydrogens is 336 g/mol. The molecule has 0 aliphatic rings. The van der Waals surface area contributed by atoms with Gasteiger partial charge in [0.05, 0.1) is 19.8 Å². The zero-order chi connectivity index (χ0) is 19.1. The molecule has 0 unspecified atom stereocenters. The lowest BCUT2D eigenvalue weighted by Gasteiger charge is -2.11. The molecule has 0 N–H and O–H groups in total. The summed E-state index contributed by atoms with van der Waals surface area (Å²) in [5, 5.41) is 0. The maximum absolute atomic E-state index is 12.2. The summed E-state index contributed by atoms with van der Waals surface area (Å²) in [7, 11) is 2.97. The van der Waals surface area contributed by atoms with E-state index in [4.69, 9.17) is 18.9 Å². The van der Waals surface area contributed by atoms with Gasteiger partial charge in [0.2, 0.25) is 5.78 Å². The molecular formula is C20H22O6. The number of rotatable bonds is 8. The Balaban J connectivity index is 1.88. The number of Topliss-reactive ketones (excluding diaryl/α,β-unsaturated/α-hetero) is 1. The minimum absolute atomic E-state index is 0.268. The van der Waals surface area contributed by atoms with Crippen LogP contribution in [0.3, 0.4) is 0 Å². The second kappa shape index (κ2) is 8.89. The largest absolute Gasteiger partial charge is 0.497 e. The Morgan fingerprint density at radius 1 is 0.846 bits per heavy atom. The van der Waals surface area contributed by atoms with Crippen LogP contribution in [0.4, 0.5) is 0 Å².